The fraction of sp³-hybridized carbons (Fsp3) is 0.192. The maximum atomic E-state index is 13.3. The van der Waals surface area contributed by atoms with Gasteiger partial charge in [-0.05, 0) is 50.2 Å². The fourth-order valence-electron chi connectivity index (χ4n) is 3.44. The van der Waals surface area contributed by atoms with Crippen LogP contribution < -0.4 is 15.2 Å². The summed E-state index contributed by atoms with van der Waals surface area (Å²) in [5, 5.41) is 11.4. The highest BCUT2D eigenvalue weighted by atomic mass is 16.6. The normalized spacial score (nSPS) is 10.4. The Morgan fingerprint density at radius 2 is 1.50 bits per heavy atom. The summed E-state index contributed by atoms with van der Waals surface area (Å²) in [5.41, 5.74) is 5.14. The molecular weight excluding hydrogens is 468 g/mol. The molecule has 36 heavy (non-hydrogen) atoms. The van der Waals surface area contributed by atoms with E-state index < -0.39 is 34.9 Å². The van der Waals surface area contributed by atoms with Gasteiger partial charge in [-0.15, -0.1) is 0 Å². The molecule has 0 atom stereocenters. The molecule has 1 amide bonds. The largest absolute Gasteiger partial charge is 0.490 e. The Morgan fingerprint density at radius 1 is 0.861 bits per heavy atom. The van der Waals surface area contributed by atoms with Crippen molar-refractivity contribution in [3.05, 3.63) is 98.6 Å². The van der Waals surface area contributed by atoms with Crippen molar-refractivity contribution in [2.45, 2.75) is 20.5 Å². The number of primary amides is 1. The molecule has 3 aromatic rings. The van der Waals surface area contributed by atoms with Crippen LogP contribution in [-0.2, 0) is 11.3 Å². The summed E-state index contributed by atoms with van der Waals surface area (Å²) in [4.78, 5) is 48.2. The van der Waals surface area contributed by atoms with E-state index >= 15 is 0 Å². The van der Waals surface area contributed by atoms with Crippen LogP contribution in [0, 0.1) is 10.1 Å². The smallest absolute Gasteiger partial charge is 0.339 e. The highest BCUT2D eigenvalue weighted by molar-refractivity contribution is 6.14. The number of benzene rings is 3. The second-order valence-corrected chi connectivity index (χ2v) is 7.44. The van der Waals surface area contributed by atoms with Gasteiger partial charge in [0.15, 0.2) is 17.3 Å². The number of nitro benzene ring substituents is 1. The lowest BCUT2D eigenvalue weighted by molar-refractivity contribution is -0.385. The lowest BCUT2D eigenvalue weighted by Crippen LogP contribution is -2.14. The summed E-state index contributed by atoms with van der Waals surface area (Å²) in [6.07, 6.45) is 0. The molecule has 0 spiro atoms. The van der Waals surface area contributed by atoms with Crippen LogP contribution >= 0.6 is 0 Å². The van der Waals surface area contributed by atoms with Crippen LogP contribution in [0.3, 0.4) is 0 Å². The van der Waals surface area contributed by atoms with E-state index in [1.165, 1.54) is 24.3 Å². The number of amides is 1. The topological polar surface area (TPSA) is 148 Å². The molecule has 0 bridgehead atoms. The lowest BCUT2D eigenvalue weighted by atomic mass is 9.98. The minimum absolute atomic E-state index is 0.00856. The minimum atomic E-state index is -0.844. The van der Waals surface area contributed by atoms with Crippen LogP contribution in [0.1, 0.15) is 56.0 Å². The van der Waals surface area contributed by atoms with Gasteiger partial charge in [0.25, 0.3) is 5.69 Å². The highest BCUT2D eigenvalue weighted by Gasteiger charge is 2.22. The van der Waals surface area contributed by atoms with E-state index in [0.29, 0.717) is 24.7 Å². The van der Waals surface area contributed by atoms with E-state index in [2.05, 4.69) is 0 Å². The predicted molar refractivity (Wildman–Crippen MR) is 129 cm³/mol. The Balaban J connectivity index is 1.86. The van der Waals surface area contributed by atoms with Gasteiger partial charge in [0.1, 0.15) is 6.61 Å². The molecule has 0 unspecified atom stereocenters. The van der Waals surface area contributed by atoms with Gasteiger partial charge in [0.05, 0.1) is 29.3 Å². The van der Waals surface area contributed by atoms with Gasteiger partial charge < -0.3 is 19.9 Å². The first-order chi connectivity index (χ1) is 17.3. The second-order valence-electron chi connectivity index (χ2n) is 7.44. The Hall–Kier alpha value is -4.73. The zero-order chi connectivity index (χ0) is 26.2. The van der Waals surface area contributed by atoms with Crippen molar-refractivity contribution in [1.29, 1.82) is 0 Å². The highest BCUT2D eigenvalue weighted by Crippen LogP contribution is 2.30. The standard InChI is InChI=1S/C26H24N2O8/c1-3-34-22-12-11-16(14-23(22)35-4-2)24(29)19-7-5-6-8-20(19)26(31)36-15-18-10-9-17(25(27)30)13-21(18)28(32)33/h5-14H,3-4,15H2,1-2H3,(H2,27,30). The second kappa shape index (κ2) is 11.6. The number of ketones is 1. The van der Waals surface area contributed by atoms with Crippen LogP contribution in [0.25, 0.3) is 0 Å². The zero-order valence-corrected chi connectivity index (χ0v) is 19.7. The maximum Gasteiger partial charge on any atom is 0.339 e. The van der Waals surface area contributed by atoms with E-state index in [1.54, 1.807) is 37.3 Å². The SMILES string of the molecule is CCOc1ccc(C(=O)c2ccccc2C(=O)OCc2ccc(C(N)=O)cc2[N+](=O)[O-])cc1OCC. The summed E-state index contributed by atoms with van der Waals surface area (Å²) in [7, 11) is 0. The molecule has 0 aromatic heterocycles. The summed E-state index contributed by atoms with van der Waals surface area (Å²) < 4.78 is 16.4. The first kappa shape index (κ1) is 25.9. The Bertz CT molecular complexity index is 1320. The van der Waals surface area contributed by atoms with Crippen molar-refractivity contribution < 1.29 is 33.5 Å². The quantitative estimate of drug-likeness (QED) is 0.182. The molecule has 3 aromatic carbocycles. The molecule has 186 valence electrons. The number of nitrogens with two attached hydrogens (primary N) is 1. The molecule has 0 radical (unpaired) electrons. The van der Waals surface area contributed by atoms with Gasteiger partial charge in [0.2, 0.25) is 5.91 Å². The lowest BCUT2D eigenvalue weighted by Gasteiger charge is -2.13. The van der Waals surface area contributed by atoms with Crippen LogP contribution in [0.2, 0.25) is 0 Å². The van der Waals surface area contributed by atoms with Gasteiger partial charge >= 0.3 is 5.97 Å². The number of carbonyl (C=O) groups excluding carboxylic acids is 3. The number of hydrogen-bond donors (Lipinski definition) is 1. The zero-order valence-electron chi connectivity index (χ0n) is 19.7. The maximum absolute atomic E-state index is 13.3. The van der Waals surface area contributed by atoms with E-state index in [4.69, 9.17) is 19.9 Å². The molecule has 10 heteroatoms. The van der Waals surface area contributed by atoms with Gasteiger partial charge in [-0.1, -0.05) is 18.2 Å². The Kier molecular flexibility index (Phi) is 8.35. The molecule has 0 fully saturated rings. The molecule has 0 saturated heterocycles. The molecule has 10 nitrogen and oxygen atoms in total. The van der Waals surface area contributed by atoms with Crippen molar-refractivity contribution in [3.8, 4) is 11.5 Å². The fourth-order valence-corrected chi connectivity index (χ4v) is 3.44. The monoisotopic (exact) mass is 492 g/mol. The summed E-state index contributed by atoms with van der Waals surface area (Å²) in [6.45, 7) is 3.98. The molecule has 0 aliphatic carbocycles. The van der Waals surface area contributed by atoms with Crippen molar-refractivity contribution in [2.75, 3.05) is 13.2 Å². The number of ether oxygens (including phenoxy) is 3. The average molecular weight is 492 g/mol. The minimum Gasteiger partial charge on any atom is -0.490 e. The van der Waals surface area contributed by atoms with E-state index in [1.807, 2.05) is 6.92 Å². The van der Waals surface area contributed by atoms with Crippen LogP contribution in [0.5, 0.6) is 11.5 Å². The summed E-state index contributed by atoms with van der Waals surface area (Å²) in [5.74, 6) is -1.22. The van der Waals surface area contributed by atoms with Crippen LogP contribution in [0.4, 0.5) is 5.69 Å². The average Bonchev–Trinajstić information content (AvgIpc) is 2.87. The van der Waals surface area contributed by atoms with Gasteiger partial charge in [-0.3, -0.25) is 19.7 Å². The van der Waals surface area contributed by atoms with E-state index in [0.717, 1.165) is 6.07 Å². The van der Waals surface area contributed by atoms with E-state index in [9.17, 15) is 24.5 Å². The molecular formula is C26H24N2O8. The number of rotatable bonds is 11. The Labute approximate surface area is 206 Å². The van der Waals surface area contributed by atoms with Gasteiger partial charge in [-0.2, -0.15) is 0 Å². The summed E-state index contributed by atoms with van der Waals surface area (Å²) >= 11 is 0. The first-order valence-electron chi connectivity index (χ1n) is 11.0. The number of nitrogens with zero attached hydrogens (tertiary/aromatic N) is 1. The third kappa shape index (κ3) is 5.84. The number of nitro groups is 1. The molecule has 3 rings (SSSR count). The van der Waals surface area contributed by atoms with Crippen molar-refractivity contribution >= 4 is 23.3 Å². The Morgan fingerprint density at radius 3 is 2.14 bits per heavy atom. The first-order valence-corrected chi connectivity index (χ1v) is 11.0. The molecule has 0 aliphatic rings. The molecule has 0 heterocycles. The number of carbonyl (C=O) groups is 3. The van der Waals surface area contributed by atoms with Crippen LogP contribution in [0.15, 0.2) is 60.7 Å². The molecule has 2 N–H and O–H groups in total. The third-order valence-corrected chi connectivity index (χ3v) is 5.12. The van der Waals surface area contributed by atoms with Crippen molar-refractivity contribution in [3.63, 3.8) is 0 Å². The van der Waals surface area contributed by atoms with Gasteiger partial charge in [0, 0.05) is 22.8 Å². The number of esters is 1. The van der Waals surface area contributed by atoms with Gasteiger partial charge in [-0.25, -0.2) is 4.79 Å². The predicted octanol–water partition coefficient (Wildman–Crippen LogP) is 4.08. The van der Waals surface area contributed by atoms with Crippen molar-refractivity contribution in [1.82, 2.24) is 0 Å². The molecule has 0 saturated carbocycles. The third-order valence-electron chi connectivity index (χ3n) is 5.12. The van der Waals surface area contributed by atoms with Crippen LogP contribution in [-0.4, -0.2) is 35.8 Å². The molecule has 0 aliphatic heterocycles. The number of hydrogen-bond acceptors (Lipinski definition) is 8. The van der Waals surface area contributed by atoms with Crippen molar-refractivity contribution in [2.24, 2.45) is 5.73 Å². The summed E-state index contributed by atoms with van der Waals surface area (Å²) in [6, 6.07) is 14.4. The van der Waals surface area contributed by atoms with E-state index in [-0.39, 0.29) is 27.8 Å².